The van der Waals surface area contributed by atoms with Gasteiger partial charge in [0.1, 0.15) is 0 Å². The number of carbonyl (C=O) groups excluding carboxylic acids is 1. The normalized spacial score (nSPS) is 12.9. The summed E-state index contributed by atoms with van der Waals surface area (Å²) in [4.78, 5) is 11.6. The van der Waals surface area contributed by atoms with Crippen molar-refractivity contribution in [2.24, 2.45) is 10.8 Å². The van der Waals surface area contributed by atoms with Gasteiger partial charge in [-0.3, -0.25) is 4.79 Å². The first-order chi connectivity index (χ1) is 6.63. The average molecular weight is 230 g/mol. The molecule has 0 aromatic heterocycles. The van der Waals surface area contributed by atoms with Crippen LogP contribution in [0.25, 0.3) is 0 Å². The van der Waals surface area contributed by atoms with E-state index in [0.29, 0.717) is 10.5 Å². The number of thioether (sulfide) groups is 1. The van der Waals surface area contributed by atoms with Crippen LogP contribution in [-0.2, 0) is 4.79 Å². The van der Waals surface area contributed by atoms with Gasteiger partial charge in [0.05, 0.1) is 0 Å². The summed E-state index contributed by atoms with van der Waals surface area (Å²) in [7, 11) is 0. The van der Waals surface area contributed by atoms with Crippen molar-refractivity contribution >= 4 is 16.9 Å². The lowest BCUT2D eigenvalue weighted by Crippen LogP contribution is -2.16. The minimum atomic E-state index is -0.186. The Morgan fingerprint density at radius 1 is 1.00 bits per heavy atom. The molecule has 0 radical (unpaired) electrons. The van der Waals surface area contributed by atoms with Gasteiger partial charge in [-0.05, 0) is 18.3 Å². The molecule has 0 aliphatic rings. The summed E-state index contributed by atoms with van der Waals surface area (Å²) in [6, 6.07) is 0. The topological polar surface area (TPSA) is 17.1 Å². The SMILES string of the molecule is CC(C)(C)CCCCSC(=O)C(C)(C)C. The predicted octanol–water partition coefficient (Wildman–Crippen LogP) is 4.51. The zero-order valence-electron chi connectivity index (χ0n) is 11.1. The Hall–Kier alpha value is 0.0200. The van der Waals surface area contributed by atoms with Crippen molar-refractivity contribution in [3.8, 4) is 0 Å². The fourth-order valence-electron chi connectivity index (χ4n) is 1.14. The van der Waals surface area contributed by atoms with Crippen LogP contribution in [0.1, 0.15) is 60.8 Å². The van der Waals surface area contributed by atoms with Gasteiger partial charge >= 0.3 is 0 Å². The van der Waals surface area contributed by atoms with E-state index in [1.165, 1.54) is 24.6 Å². The zero-order valence-corrected chi connectivity index (χ0v) is 12.0. The van der Waals surface area contributed by atoms with Crippen molar-refractivity contribution in [2.45, 2.75) is 60.8 Å². The second-order valence-electron chi connectivity index (χ2n) is 6.40. The van der Waals surface area contributed by atoms with E-state index in [2.05, 4.69) is 20.8 Å². The van der Waals surface area contributed by atoms with Crippen LogP contribution in [0.2, 0.25) is 0 Å². The maximum atomic E-state index is 11.6. The van der Waals surface area contributed by atoms with Gasteiger partial charge < -0.3 is 0 Å². The molecule has 0 rings (SSSR count). The van der Waals surface area contributed by atoms with Crippen molar-refractivity contribution in [3.05, 3.63) is 0 Å². The molecule has 0 spiro atoms. The number of rotatable bonds is 4. The monoisotopic (exact) mass is 230 g/mol. The van der Waals surface area contributed by atoms with Crippen molar-refractivity contribution < 1.29 is 4.79 Å². The van der Waals surface area contributed by atoms with E-state index in [1.54, 1.807) is 0 Å². The third kappa shape index (κ3) is 8.98. The molecule has 0 N–H and O–H groups in total. The largest absolute Gasteiger partial charge is 0.287 e. The molecule has 2 heteroatoms. The number of hydrogen-bond donors (Lipinski definition) is 0. The Bertz CT molecular complexity index is 196. The Labute approximate surface area is 99.4 Å². The summed E-state index contributed by atoms with van der Waals surface area (Å²) in [5.74, 6) is 0.978. The third-order valence-electron chi connectivity index (χ3n) is 2.17. The van der Waals surface area contributed by atoms with Gasteiger partial charge in [0.2, 0.25) is 0 Å². The lowest BCUT2D eigenvalue weighted by atomic mass is 9.90. The molecule has 0 bridgehead atoms. The van der Waals surface area contributed by atoms with Gasteiger partial charge in [-0.1, -0.05) is 59.7 Å². The van der Waals surface area contributed by atoms with E-state index in [-0.39, 0.29) is 5.41 Å². The maximum absolute atomic E-state index is 11.6. The molecule has 1 nitrogen and oxygen atoms in total. The molecule has 0 atom stereocenters. The lowest BCUT2D eigenvalue weighted by molar-refractivity contribution is -0.117. The highest BCUT2D eigenvalue weighted by Gasteiger charge is 2.21. The first-order valence-corrected chi connectivity index (χ1v) is 6.79. The Morgan fingerprint density at radius 2 is 1.53 bits per heavy atom. The highest BCUT2D eigenvalue weighted by molar-refractivity contribution is 8.13. The third-order valence-corrected chi connectivity index (χ3v) is 3.53. The maximum Gasteiger partial charge on any atom is 0.194 e. The summed E-state index contributed by atoms with van der Waals surface area (Å²) in [6.07, 6.45) is 3.63. The van der Waals surface area contributed by atoms with Crippen molar-refractivity contribution in [1.29, 1.82) is 0 Å². The molecule has 0 aromatic rings. The highest BCUT2D eigenvalue weighted by Crippen LogP contribution is 2.25. The molecule has 15 heavy (non-hydrogen) atoms. The predicted molar refractivity (Wildman–Crippen MR) is 70.2 cm³/mol. The summed E-state index contributed by atoms with van der Waals surface area (Å²) in [5.41, 5.74) is 0.243. The molecule has 0 saturated heterocycles. The van der Waals surface area contributed by atoms with Crippen LogP contribution in [0.4, 0.5) is 0 Å². The molecular weight excluding hydrogens is 204 g/mol. The van der Waals surface area contributed by atoms with Gasteiger partial charge in [0.25, 0.3) is 0 Å². The van der Waals surface area contributed by atoms with Crippen LogP contribution in [0.15, 0.2) is 0 Å². The van der Waals surface area contributed by atoms with Crippen molar-refractivity contribution in [3.63, 3.8) is 0 Å². The van der Waals surface area contributed by atoms with Gasteiger partial charge in [0, 0.05) is 11.2 Å². The fraction of sp³-hybridized carbons (Fsp3) is 0.923. The minimum Gasteiger partial charge on any atom is -0.287 e. The van der Waals surface area contributed by atoms with E-state index in [0.717, 1.165) is 12.2 Å². The Kier molecular flexibility index (Phi) is 5.94. The van der Waals surface area contributed by atoms with E-state index in [4.69, 9.17) is 0 Å². The first kappa shape index (κ1) is 15.0. The Balaban J connectivity index is 3.53. The fourth-order valence-corrected chi connectivity index (χ4v) is 2.11. The molecule has 90 valence electrons. The lowest BCUT2D eigenvalue weighted by Gasteiger charge is -2.18. The van der Waals surface area contributed by atoms with Crippen molar-refractivity contribution in [2.75, 3.05) is 5.75 Å². The van der Waals surface area contributed by atoms with Crippen LogP contribution >= 0.6 is 11.8 Å². The van der Waals surface area contributed by atoms with Crippen LogP contribution in [0.3, 0.4) is 0 Å². The van der Waals surface area contributed by atoms with E-state index in [1.807, 2.05) is 20.8 Å². The van der Waals surface area contributed by atoms with Crippen LogP contribution in [0.5, 0.6) is 0 Å². The van der Waals surface area contributed by atoms with Gasteiger partial charge in [-0.2, -0.15) is 0 Å². The molecule has 0 aromatic carbocycles. The molecule has 0 aliphatic carbocycles. The van der Waals surface area contributed by atoms with E-state index >= 15 is 0 Å². The quantitative estimate of drug-likeness (QED) is 0.661. The molecule has 0 unspecified atom stereocenters. The number of unbranched alkanes of at least 4 members (excludes halogenated alkanes) is 1. The van der Waals surface area contributed by atoms with Gasteiger partial charge in [-0.15, -0.1) is 0 Å². The number of carbonyl (C=O) groups is 1. The van der Waals surface area contributed by atoms with Crippen LogP contribution in [0, 0.1) is 10.8 Å². The molecule has 0 aliphatic heterocycles. The van der Waals surface area contributed by atoms with Gasteiger partial charge in [0.15, 0.2) is 5.12 Å². The zero-order chi connectivity index (χ0) is 12.1. The van der Waals surface area contributed by atoms with E-state index in [9.17, 15) is 4.79 Å². The second kappa shape index (κ2) is 5.93. The summed E-state index contributed by atoms with van der Waals surface area (Å²) in [6.45, 7) is 12.7. The van der Waals surface area contributed by atoms with Gasteiger partial charge in [-0.25, -0.2) is 0 Å². The Morgan fingerprint density at radius 3 is 1.93 bits per heavy atom. The minimum absolute atomic E-state index is 0.186. The standard InChI is InChI=1S/C13H26OS/c1-12(2,3)9-7-8-10-15-11(14)13(4,5)6/h7-10H2,1-6H3. The van der Waals surface area contributed by atoms with Crippen LogP contribution < -0.4 is 0 Å². The smallest absolute Gasteiger partial charge is 0.194 e. The summed E-state index contributed by atoms with van der Waals surface area (Å²) in [5, 5.41) is 0.318. The highest BCUT2D eigenvalue weighted by atomic mass is 32.2. The molecular formula is C13H26OS. The number of hydrogen-bond acceptors (Lipinski definition) is 2. The molecule has 0 fully saturated rings. The average Bonchev–Trinajstić information content (AvgIpc) is 1.99. The summed E-state index contributed by atoms with van der Waals surface area (Å²) >= 11 is 1.50. The second-order valence-corrected chi connectivity index (χ2v) is 7.47. The molecule has 0 amide bonds. The van der Waals surface area contributed by atoms with Crippen LogP contribution in [-0.4, -0.2) is 10.9 Å². The summed E-state index contributed by atoms with van der Waals surface area (Å²) < 4.78 is 0. The molecule has 0 heterocycles. The van der Waals surface area contributed by atoms with Crippen molar-refractivity contribution in [1.82, 2.24) is 0 Å². The molecule has 0 saturated carbocycles. The van der Waals surface area contributed by atoms with E-state index < -0.39 is 0 Å². The first-order valence-electron chi connectivity index (χ1n) is 5.80.